The van der Waals surface area contributed by atoms with Crippen LogP contribution in [0.1, 0.15) is 23.2 Å². The summed E-state index contributed by atoms with van der Waals surface area (Å²) in [5, 5.41) is 9.70. The third kappa shape index (κ3) is 2.55. The number of nitrogens with zero attached hydrogens (tertiary/aromatic N) is 4. The summed E-state index contributed by atoms with van der Waals surface area (Å²) in [6.45, 7) is 0. The van der Waals surface area contributed by atoms with Gasteiger partial charge in [-0.3, -0.25) is 0 Å². The summed E-state index contributed by atoms with van der Waals surface area (Å²) in [7, 11) is 0. The second-order valence-corrected chi connectivity index (χ2v) is 6.24. The molecule has 6 heteroatoms. The normalized spacial score (nSPS) is 16.2. The number of fused-ring (bicyclic) bond motifs is 1. The highest BCUT2D eigenvalue weighted by Crippen LogP contribution is 2.36. The molecule has 0 aromatic carbocycles. The Bertz CT molecular complexity index is 968. The highest BCUT2D eigenvalue weighted by molar-refractivity contribution is 5.78. The Labute approximate surface area is 145 Å². The number of nitrogens with two attached hydrogens (primary N) is 2. The van der Waals surface area contributed by atoms with E-state index in [2.05, 4.69) is 16.0 Å². The Morgan fingerprint density at radius 2 is 2.12 bits per heavy atom. The van der Waals surface area contributed by atoms with Crippen molar-refractivity contribution in [3.63, 3.8) is 0 Å². The molecule has 3 aromatic rings. The predicted octanol–water partition coefficient (Wildman–Crippen LogP) is 2.20. The fraction of sp³-hybridized carbons (Fsp3) is 0.211. The van der Waals surface area contributed by atoms with Crippen molar-refractivity contribution in [1.82, 2.24) is 14.5 Å². The SMILES string of the molecule is N#Cc1c(N)nc2c(c1-c1cccn1-c1ccccn1)CC(N)CC2. The molecule has 6 nitrogen and oxygen atoms in total. The van der Waals surface area contributed by atoms with Crippen molar-refractivity contribution in [2.75, 3.05) is 5.73 Å². The van der Waals surface area contributed by atoms with Crippen LogP contribution in [-0.4, -0.2) is 20.6 Å². The van der Waals surface area contributed by atoms with E-state index in [9.17, 15) is 5.26 Å². The van der Waals surface area contributed by atoms with Crippen LogP contribution >= 0.6 is 0 Å². The molecule has 0 fully saturated rings. The Balaban J connectivity index is 2.00. The van der Waals surface area contributed by atoms with Crippen molar-refractivity contribution < 1.29 is 0 Å². The van der Waals surface area contributed by atoms with E-state index < -0.39 is 0 Å². The first kappa shape index (κ1) is 15.4. The van der Waals surface area contributed by atoms with E-state index in [1.54, 1.807) is 6.20 Å². The molecule has 1 aliphatic carbocycles. The Hall–Kier alpha value is -3.17. The lowest BCUT2D eigenvalue weighted by molar-refractivity contribution is 0.568. The molecule has 0 bridgehead atoms. The number of anilines is 1. The van der Waals surface area contributed by atoms with Crippen LogP contribution in [0.15, 0.2) is 42.7 Å². The van der Waals surface area contributed by atoms with Crippen LogP contribution in [0.3, 0.4) is 0 Å². The van der Waals surface area contributed by atoms with Crippen LogP contribution in [0.2, 0.25) is 0 Å². The zero-order chi connectivity index (χ0) is 17.4. The Morgan fingerprint density at radius 3 is 2.88 bits per heavy atom. The molecule has 0 saturated carbocycles. The van der Waals surface area contributed by atoms with E-state index in [1.165, 1.54) is 0 Å². The van der Waals surface area contributed by atoms with Crippen molar-refractivity contribution in [1.29, 1.82) is 5.26 Å². The Kier molecular flexibility index (Phi) is 3.71. The second kappa shape index (κ2) is 6.04. The zero-order valence-electron chi connectivity index (χ0n) is 13.7. The summed E-state index contributed by atoms with van der Waals surface area (Å²) >= 11 is 0. The first-order valence-electron chi connectivity index (χ1n) is 8.25. The fourth-order valence-corrected chi connectivity index (χ4v) is 3.48. The number of hydrogen-bond donors (Lipinski definition) is 2. The number of aryl methyl sites for hydroxylation is 1. The van der Waals surface area contributed by atoms with Crippen molar-refractivity contribution in [2.24, 2.45) is 5.73 Å². The molecule has 0 aliphatic heterocycles. The molecule has 25 heavy (non-hydrogen) atoms. The van der Waals surface area contributed by atoms with Gasteiger partial charge < -0.3 is 16.0 Å². The van der Waals surface area contributed by atoms with Crippen molar-refractivity contribution in [3.8, 4) is 23.1 Å². The van der Waals surface area contributed by atoms with Gasteiger partial charge in [-0.15, -0.1) is 0 Å². The number of aromatic nitrogens is 3. The molecule has 1 aliphatic rings. The van der Waals surface area contributed by atoms with Crippen molar-refractivity contribution in [3.05, 3.63) is 59.5 Å². The lowest BCUT2D eigenvalue weighted by atomic mass is 9.86. The van der Waals surface area contributed by atoms with E-state index >= 15 is 0 Å². The number of nitriles is 1. The van der Waals surface area contributed by atoms with E-state index in [4.69, 9.17) is 11.5 Å². The fourth-order valence-electron chi connectivity index (χ4n) is 3.48. The topological polar surface area (TPSA) is 107 Å². The summed E-state index contributed by atoms with van der Waals surface area (Å²) in [6.07, 6.45) is 6.04. The monoisotopic (exact) mass is 330 g/mol. The van der Waals surface area contributed by atoms with Crippen LogP contribution in [-0.2, 0) is 12.8 Å². The molecule has 1 atom stereocenters. The molecule has 4 rings (SSSR count). The van der Waals surface area contributed by atoms with Gasteiger partial charge >= 0.3 is 0 Å². The van der Waals surface area contributed by atoms with Crippen molar-refractivity contribution >= 4 is 5.82 Å². The number of nitrogen functional groups attached to an aromatic ring is 1. The molecule has 124 valence electrons. The Morgan fingerprint density at radius 1 is 1.24 bits per heavy atom. The van der Waals surface area contributed by atoms with Crippen molar-refractivity contribution in [2.45, 2.75) is 25.3 Å². The summed E-state index contributed by atoms with van der Waals surface area (Å²) < 4.78 is 1.97. The van der Waals surface area contributed by atoms with Crippen LogP contribution in [0.25, 0.3) is 17.1 Å². The van der Waals surface area contributed by atoms with Gasteiger partial charge in [-0.25, -0.2) is 9.97 Å². The highest BCUT2D eigenvalue weighted by atomic mass is 15.1. The molecule has 4 N–H and O–H groups in total. The van der Waals surface area contributed by atoms with Crippen LogP contribution in [0.4, 0.5) is 5.82 Å². The van der Waals surface area contributed by atoms with E-state index in [0.29, 0.717) is 12.0 Å². The summed E-state index contributed by atoms with van der Waals surface area (Å²) in [5.74, 6) is 1.07. The summed E-state index contributed by atoms with van der Waals surface area (Å²) in [4.78, 5) is 8.89. The maximum Gasteiger partial charge on any atom is 0.142 e. The van der Waals surface area contributed by atoms with Gasteiger partial charge in [0.05, 0.1) is 5.69 Å². The minimum atomic E-state index is 0.0708. The van der Waals surface area contributed by atoms with E-state index in [1.807, 2.05) is 41.1 Å². The molecule has 0 radical (unpaired) electrons. The van der Waals surface area contributed by atoms with Gasteiger partial charge in [-0.1, -0.05) is 6.07 Å². The quantitative estimate of drug-likeness (QED) is 0.749. The molecule has 0 spiro atoms. The minimum Gasteiger partial charge on any atom is -0.383 e. The average molecular weight is 330 g/mol. The van der Waals surface area contributed by atoms with E-state index in [-0.39, 0.29) is 11.9 Å². The lowest BCUT2D eigenvalue weighted by Crippen LogP contribution is -2.29. The van der Waals surface area contributed by atoms with Crippen LogP contribution in [0, 0.1) is 11.3 Å². The molecule has 1 unspecified atom stereocenters. The third-order valence-corrected chi connectivity index (χ3v) is 4.64. The third-order valence-electron chi connectivity index (χ3n) is 4.64. The van der Waals surface area contributed by atoms with Gasteiger partial charge in [0.25, 0.3) is 0 Å². The first-order valence-corrected chi connectivity index (χ1v) is 8.25. The first-order chi connectivity index (χ1) is 12.2. The average Bonchev–Trinajstić information content (AvgIpc) is 3.11. The molecule has 3 aromatic heterocycles. The standard InChI is InChI=1S/C19H18N6/c20-11-14-18(13-10-12(21)6-7-15(13)24-19(14)22)16-4-3-9-25(16)17-5-1-2-8-23-17/h1-5,8-9,12H,6-7,10,21H2,(H2,22,24). The number of pyridine rings is 2. The van der Waals surface area contributed by atoms with Gasteiger partial charge in [0.15, 0.2) is 0 Å². The molecular weight excluding hydrogens is 312 g/mol. The van der Waals surface area contributed by atoms with Gasteiger partial charge in [0, 0.05) is 29.7 Å². The predicted molar refractivity (Wildman–Crippen MR) is 95.9 cm³/mol. The van der Waals surface area contributed by atoms with Gasteiger partial charge in [0.1, 0.15) is 23.3 Å². The summed E-state index contributed by atoms with van der Waals surface area (Å²) in [6, 6.07) is 12.0. The van der Waals surface area contributed by atoms with Crippen LogP contribution < -0.4 is 11.5 Å². The lowest BCUT2D eigenvalue weighted by Gasteiger charge is -2.25. The second-order valence-electron chi connectivity index (χ2n) is 6.24. The smallest absolute Gasteiger partial charge is 0.142 e. The highest BCUT2D eigenvalue weighted by Gasteiger charge is 2.26. The number of rotatable bonds is 2. The van der Waals surface area contributed by atoms with E-state index in [0.717, 1.165) is 41.2 Å². The molecule has 0 amide bonds. The molecule has 3 heterocycles. The van der Waals surface area contributed by atoms with Crippen LogP contribution in [0.5, 0.6) is 0 Å². The minimum absolute atomic E-state index is 0.0708. The maximum atomic E-state index is 9.70. The number of hydrogen-bond acceptors (Lipinski definition) is 5. The summed E-state index contributed by atoms with van der Waals surface area (Å²) in [5.41, 5.74) is 16.4. The van der Waals surface area contributed by atoms with Gasteiger partial charge in [-0.05, 0) is 49.1 Å². The largest absolute Gasteiger partial charge is 0.383 e. The zero-order valence-corrected chi connectivity index (χ0v) is 13.7. The maximum absolute atomic E-state index is 9.70. The van der Waals surface area contributed by atoms with Gasteiger partial charge in [0.2, 0.25) is 0 Å². The van der Waals surface area contributed by atoms with Gasteiger partial charge in [-0.2, -0.15) is 5.26 Å². The molecule has 0 saturated heterocycles. The molecular formula is C19H18N6.